The molecule has 88 valence electrons. The van der Waals surface area contributed by atoms with Crippen LogP contribution in [0, 0.1) is 5.92 Å². The van der Waals surface area contributed by atoms with Crippen LogP contribution in [-0.4, -0.2) is 34.4 Å². The minimum absolute atomic E-state index is 0.0916. The second-order valence-electron chi connectivity index (χ2n) is 4.69. The first kappa shape index (κ1) is 12.5. The van der Waals surface area contributed by atoms with E-state index in [1.54, 1.807) is 0 Å². The van der Waals surface area contributed by atoms with Crippen molar-refractivity contribution in [2.45, 2.75) is 51.1 Å². The quantitative estimate of drug-likeness (QED) is 0.592. The average Bonchev–Trinajstić information content (AvgIpc) is 2.98. The second kappa shape index (κ2) is 4.94. The lowest BCUT2D eigenvalue weighted by Gasteiger charge is -2.32. The molecule has 3 N–H and O–H groups in total. The highest BCUT2D eigenvalue weighted by atomic mass is 16.4. The molecule has 0 saturated heterocycles. The molecule has 0 aliphatic heterocycles. The fourth-order valence-corrected chi connectivity index (χ4v) is 1.78. The van der Waals surface area contributed by atoms with Crippen LogP contribution in [0.3, 0.4) is 0 Å². The molecule has 2 unspecified atom stereocenters. The van der Waals surface area contributed by atoms with Gasteiger partial charge in [0.2, 0.25) is 0 Å². The Bertz CT molecular complexity index is 228. The van der Waals surface area contributed by atoms with Crippen molar-refractivity contribution >= 4 is 5.97 Å². The van der Waals surface area contributed by atoms with Crippen molar-refractivity contribution in [2.24, 2.45) is 5.92 Å². The number of hydrogen-bond donors (Lipinski definition) is 3. The maximum Gasteiger partial charge on any atom is 0.320 e. The van der Waals surface area contributed by atoms with Gasteiger partial charge in [-0.25, -0.2) is 0 Å². The number of hydrogen-bond acceptors (Lipinski definition) is 3. The van der Waals surface area contributed by atoms with Crippen molar-refractivity contribution in [1.82, 2.24) is 5.32 Å². The van der Waals surface area contributed by atoms with Crippen LogP contribution in [0.2, 0.25) is 0 Å². The summed E-state index contributed by atoms with van der Waals surface area (Å²) in [6.07, 6.45) is 3.43. The minimum atomic E-state index is -0.768. The predicted molar refractivity (Wildman–Crippen MR) is 57.7 cm³/mol. The molecule has 1 rings (SSSR count). The summed E-state index contributed by atoms with van der Waals surface area (Å²) in [5.41, 5.74) is -0.263. The summed E-state index contributed by atoms with van der Waals surface area (Å²) >= 11 is 0. The van der Waals surface area contributed by atoms with E-state index in [4.69, 9.17) is 10.2 Å². The monoisotopic (exact) mass is 215 g/mol. The molecule has 0 spiro atoms. The van der Waals surface area contributed by atoms with Crippen LogP contribution >= 0.6 is 0 Å². The molecule has 0 radical (unpaired) electrons. The Balaban J connectivity index is 2.57. The van der Waals surface area contributed by atoms with Crippen molar-refractivity contribution in [2.75, 3.05) is 6.61 Å². The van der Waals surface area contributed by atoms with Crippen LogP contribution in [0.4, 0.5) is 0 Å². The summed E-state index contributed by atoms with van der Waals surface area (Å²) in [6, 6.07) is -0.443. The lowest BCUT2D eigenvalue weighted by Crippen LogP contribution is -2.52. The van der Waals surface area contributed by atoms with Crippen molar-refractivity contribution in [3.63, 3.8) is 0 Å². The number of carbonyl (C=O) groups is 1. The highest BCUT2D eigenvalue weighted by molar-refractivity contribution is 5.74. The zero-order chi connectivity index (χ0) is 11.5. The van der Waals surface area contributed by atoms with Gasteiger partial charge in [-0.05, 0) is 38.5 Å². The fraction of sp³-hybridized carbons (Fsp3) is 0.909. The molecule has 1 aliphatic carbocycles. The third kappa shape index (κ3) is 3.47. The Morgan fingerprint density at radius 3 is 2.53 bits per heavy atom. The molecule has 15 heavy (non-hydrogen) atoms. The van der Waals surface area contributed by atoms with Gasteiger partial charge in [-0.15, -0.1) is 0 Å². The van der Waals surface area contributed by atoms with E-state index in [1.807, 2.05) is 13.8 Å². The predicted octanol–water partition coefficient (Wildman–Crippen LogP) is 0.990. The third-order valence-electron chi connectivity index (χ3n) is 3.31. The van der Waals surface area contributed by atoms with Gasteiger partial charge in [0, 0.05) is 12.1 Å². The molecule has 4 heteroatoms. The maximum absolute atomic E-state index is 11.1. The summed E-state index contributed by atoms with van der Waals surface area (Å²) in [5, 5.41) is 21.2. The van der Waals surface area contributed by atoms with E-state index in [-0.39, 0.29) is 18.1 Å². The number of carboxylic acids is 1. The largest absolute Gasteiger partial charge is 0.480 e. The Morgan fingerprint density at radius 1 is 1.60 bits per heavy atom. The van der Waals surface area contributed by atoms with Crippen molar-refractivity contribution < 1.29 is 15.0 Å². The molecular weight excluding hydrogens is 194 g/mol. The van der Waals surface area contributed by atoms with Crippen LogP contribution in [-0.2, 0) is 4.79 Å². The average molecular weight is 215 g/mol. The molecule has 1 saturated carbocycles. The molecule has 0 aromatic rings. The van der Waals surface area contributed by atoms with Crippen molar-refractivity contribution in [3.8, 4) is 0 Å². The van der Waals surface area contributed by atoms with Crippen LogP contribution in [0.5, 0.6) is 0 Å². The number of aliphatic carboxylic acids is 1. The number of aliphatic hydroxyl groups excluding tert-OH is 1. The lowest BCUT2D eigenvalue weighted by atomic mass is 9.93. The number of nitrogens with one attached hydrogen (secondary N) is 1. The van der Waals surface area contributed by atoms with Gasteiger partial charge >= 0.3 is 5.97 Å². The number of aliphatic hydroxyl groups is 1. The second-order valence-corrected chi connectivity index (χ2v) is 4.69. The van der Waals surface area contributed by atoms with Gasteiger partial charge in [0.1, 0.15) is 6.04 Å². The van der Waals surface area contributed by atoms with E-state index < -0.39 is 12.0 Å². The lowest BCUT2D eigenvalue weighted by molar-refractivity contribution is -0.140. The SMILES string of the molecule is CCC(C)(CCO)NC(C(=O)O)C1CC1. The summed E-state index contributed by atoms with van der Waals surface area (Å²) in [4.78, 5) is 11.1. The van der Waals surface area contributed by atoms with E-state index in [9.17, 15) is 4.79 Å². The summed E-state index contributed by atoms with van der Waals surface area (Å²) in [6.45, 7) is 4.07. The Morgan fingerprint density at radius 2 is 2.20 bits per heavy atom. The molecule has 1 fully saturated rings. The van der Waals surface area contributed by atoms with E-state index in [2.05, 4.69) is 5.32 Å². The van der Waals surface area contributed by atoms with Gasteiger partial charge in [0.15, 0.2) is 0 Å². The minimum Gasteiger partial charge on any atom is -0.480 e. The molecule has 0 aromatic carbocycles. The Labute approximate surface area is 90.7 Å². The van der Waals surface area contributed by atoms with Gasteiger partial charge in [0.05, 0.1) is 0 Å². The zero-order valence-corrected chi connectivity index (χ0v) is 9.49. The van der Waals surface area contributed by atoms with Crippen LogP contribution < -0.4 is 5.32 Å². The maximum atomic E-state index is 11.1. The molecule has 2 atom stereocenters. The molecule has 4 nitrogen and oxygen atoms in total. The highest BCUT2D eigenvalue weighted by Gasteiger charge is 2.39. The van der Waals surface area contributed by atoms with Crippen molar-refractivity contribution in [1.29, 1.82) is 0 Å². The molecule has 0 heterocycles. The van der Waals surface area contributed by atoms with Gasteiger partial charge in [-0.3, -0.25) is 10.1 Å². The van der Waals surface area contributed by atoms with Gasteiger partial charge in [0.25, 0.3) is 0 Å². The highest BCUT2D eigenvalue weighted by Crippen LogP contribution is 2.34. The van der Waals surface area contributed by atoms with Crippen molar-refractivity contribution in [3.05, 3.63) is 0 Å². The fourth-order valence-electron chi connectivity index (χ4n) is 1.78. The summed E-state index contributed by atoms with van der Waals surface area (Å²) in [5.74, 6) is -0.484. The normalized spacial score (nSPS) is 22.1. The molecule has 0 amide bonds. The molecule has 0 bridgehead atoms. The van der Waals surface area contributed by atoms with Crippen LogP contribution in [0.1, 0.15) is 39.5 Å². The van der Waals surface area contributed by atoms with E-state index >= 15 is 0 Å². The molecule has 1 aliphatic rings. The van der Waals surface area contributed by atoms with E-state index in [0.717, 1.165) is 19.3 Å². The number of rotatable bonds is 7. The molecular formula is C11H21NO3. The van der Waals surface area contributed by atoms with E-state index in [1.165, 1.54) is 0 Å². The third-order valence-corrected chi connectivity index (χ3v) is 3.31. The molecule has 0 aromatic heterocycles. The Hall–Kier alpha value is -0.610. The summed E-state index contributed by atoms with van der Waals surface area (Å²) in [7, 11) is 0. The van der Waals surface area contributed by atoms with Crippen LogP contribution in [0.15, 0.2) is 0 Å². The zero-order valence-electron chi connectivity index (χ0n) is 9.49. The first-order valence-electron chi connectivity index (χ1n) is 5.64. The number of carboxylic acid groups (broad SMARTS) is 1. The van der Waals surface area contributed by atoms with Gasteiger partial charge < -0.3 is 10.2 Å². The smallest absolute Gasteiger partial charge is 0.320 e. The topological polar surface area (TPSA) is 69.6 Å². The first-order valence-corrected chi connectivity index (χ1v) is 5.64. The van der Waals surface area contributed by atoms with Crippen LogP contribution in [0.25, 0.3) is 0 Å². The Kier molecular flexibility index (Phi) is 4.11. The van der Waals surface area contributed by atoms with E-state index in [0.29, 0.717) is 6.42 Å². The van der Waals surface area contributed by atoms with Gasteiger partial charge in [-0.2, -0.15) is 0 Å². The summed E-state index contributed by atoms with van der Waals surface area (Å²) < 4.78 is 0. The van der Waals surface area contributed by atoms with Gasteiger partial charge in [-0.1, -0.05) is 6.92 Å². The first-order chi connectivity index (χ1) is 7.02. The standard InChI is InChI=1S/C11H21NO3/c1-3-11(2,6-7-13)12-9(10(14)15)8-4-5-8/h8-9,12-13H,3-7H2,1-2H3,(H,14,15).